The summed E-state index contributed by atoms with van der Waals surface area (Å²) >= 11 is 0. The Morgan fingerprint density at radius 1 is 0.967 bits per heavy atom. The van der Waals surface area contributed by atoms with Crippen molar-refractivity contribution >= 4 is 22.7 Å². The van der Waals surface area contributed by atoms with E-state index in [1.165, 1.54) is 11.9 Å². The van der Waals surface area contributed by atoms with Crippen LogP contribution in [0.4, 0.5) is 11.6 Å². The fourth-order valence-electron chi connectivity index (χ4n) is 3.79. The van der Waals surface area contributed by atoms with Crippen molar-refractivity contribution in [1.29, 1.82) is 0 Å². The molecule has 1 aliphatic rings. The third kappa shape index (κ3) is 3.44. The monoisotopic (exact) mass is 398 g/mol. The van der Waals surface area contributed by atoms with Crippen molar-refractivity contribution in [3.63, 3.8) is 0 Å². The van der Waals surface area contributed by atoms with Crippen molar-refractivity contribution in [3.05, 3.63) is 60.6 Å². The minimum atomic E-state index is 0.427. The number of fused-ring (bicyclic) bond motifs is 1. The second-order valence-electron chi connectivity index (χ2n) is 7.39. The first-order valence-corrected chi connectivity index (χ1v) is 9.96. The number of nitrogens with two attached hydrogens (primary N) is 1. The molecule has 1 aromatic carbocycles. The van der Waals surface area contributed by atoms with E-state index >= 15 is 0 Å². The average Bonchev–Trinajstić information content (AvgIpc) is 2.79. The Kier molecular flexibility index (Phi) is 4.72. The van der Waals surface area contributed by atoms with E-state index in [-0.39, 0.29) is 0 Å². The Hall–Kier alpha value is -3.58. The molecule has 2 N–H and O–H groups in total. The van der Waals surface area contributed by atoms with Gasteiger partial charge in [0.25, 0.3) is 0 Å². The van der Waals surface area contributed by atoms with Gasteiger partial charge in [-0.05, 0) is 36.2 Å². The lowest BCUT2D eigenvalue weighted by Crippen LogP contribution is -2.36. The molecule has 7 heteroatoms. The number of nitrogen functional groups attached to an aromatic ring is 1. The molecule has 150 valence electrons. The summed E-state index contributed by atoms with van der Waals surface area (Å²) in [6.45, 7) is 5.25. The van der Waals surface area contributed by atoms with Gasteiger partial charge < -0.3 is 15.4 Å². The molecule has 0 radical (unpaired) electrons. The number of morpholine rings is 1. The Balaban J connectivity index is 1.61. The zero-order valence-electron chi connectivity index (χ0n) is 16.7. The molecule has 0 spiro atoms. The van der Waals surface area contributed by atoms with Crippen LogP contribution in [-0.2, 0) is 4.74 Å². The van der Waals surface area contributed by atoms with Gasteiger partial charge in [-0.1, -0.05) is 29.8 Å². The molecule has 3 aromatic heterocycles. The number of rotatable bonds is 3. The maximum absolute atomic E-state index is 6.20. The molecule has 1 fully saturated rings. The predicted molar refractivity (Wildman–Crippen MR) is 118 cm³/mol. The number of anilines is 2. The molecule has 30 heavy (non-hydrogen) atoms. The summed E-state index contributed by atoms with van der Waals surface area (Å²) in [4.78, 5) is 20.2. The highest BCUT2D eigenvalue weighted by molar-refractivity contribution is 6.00. The number of hydrogen-bond donors (Lipinski definition) is 1. The van der Waals surface area contributed by atoms with Crippen molar-refractivity contribution in [2.24, 2.45) is 0 Å². The van der Waals surface area contributed by atoms with Gasteiger partial charge in [0.2, 0.25) is 0 Å². The lowest BCUT2D eigenvalue weighted by atomic mass is 9.99. The minimum absolute atomic E-state index is 0.427. The van der Waals surface area contributed by atoms with Gasteiger partial charge >= 0.3 is 0 Å². The van der Waals surface area contributed by atoms with Crippen molar-refractivity contribution in [1.82, 2.24) is 19.9 Å². The fourth-order valence-corrected chi connectivity index (χ4v) is 3.79. The highest BCUT2D eigenvalue weighted by Gasteiger charge is 2.15. The maximum Gasteiger partial charge on any atom is 0.165 e. The first-order valence-electron chi connectivity index (χ1n) is 9.96. The minimum Gasteiger partial charge on any atom is -0.383 e. The van der Waals surface area contributed by atoms with Crippen LogP contribution in [0.25, 0.3) is 33.4 Å². The standard InChI is InChI=1S/C23H22N6O/c1-15-3-2-4-16(11-15)18-12-19(28-23-21(18)22(24)26-14-27-23)17-5-6-20(25-13-17)29-7-9-30-10-8-29/h2-6,11-14H,7-10H2,1H3,(H2,24,26,27,28). The summed E-state index contributed by atoms with van der Waals surface area (Å²) in [7, 11) is 0. The Labute approximate surface area is 174 Å². The van der Waals surface area contributed by atoms with Crippen LogP contribution in [0.1, 0.15) is 5.56 Å². The largest absolute Gasteiger partial charge is 0.383 e. The van der Waals surface area contributed by atoms with Crippen LogP contribution in [0.5, 0.6) is 0 Å². The molecule has 1 aliphatic heterocycles. The van der Waals surface area contributed by atoms with E-state index in [9.17, 15) is 0 Å². The van der Waals surface area contributed by atoms with Gasteiger partial charge in [0.15, 0.2) is 5.65 Å². The molecule has 0 saturated carbocycles. The van der Waals surface area contributed by atoms with E-state index < -0.39 is 0 Å². The summed E-state index contributed by atoms with van der Waals surface area (Å²) in [5.74, 6) is 1.38. The molecular formula is C23H22N6O. The second kappa shape index (κ2) is 7.68. The fraction of sp³-hybridized carbons (Fsp3) is 0.217. The van der Waals surface area contributed by atoms with Crippen molar-refractivity contribution in [2.75, 3.05) is 36.9 Å². The number of hydrogen-bond acceptors (Lipinski definition) is 7. The highest BCUT2D eigenvalue weighted by atomic mass is 16.5. The summed E-state index contributed by atoms with van der Waals surface area (Å²) in [5.41, 5.74) is 11.7. The van der Waals surface area contributed by atoms with E-state index in [4.69, 9.17) is 15.5 Å². The SMILES string of the molecule is Cc1cccc(-c2cc(-c3ccc(N4CCOCC4)nc3)nc3ncnc(N)c23)c1. The highest BCUT2D eigenvalue weighted by Crippen LogP contribution is 2.34. The predicted octanol–water partition coefficient (Wildman–Crippen LogP) is 3.48. The number of benzene rings is 1. The number of pyridine rings is 2. The van der Waals surface area contributed by atoms with Crippen LogP contribution in [0.2, 0.25) is 0 Å². The van der Waals surface area contributed by atoms with E-state index in [2.05, 4.69) is 51.0 Å². The van der Waals surface area contributed by atoms with Gasteiger partial charge in [0.1, 0.15) is 18.0 Å². The molecule has 4 heterocycles. The van der Waals surface area contributed by atoms with Crippen LogP contribution in [0.3, 0.4) is 0 Å². The van der Waals surface area contributed by atoms with Crippen LogP contribution in [0.15, 0.2) is 55.0 Å². The zero-order chi connectivity index (χ0) is 20.5. The Morgan fingerprint density at radius 3 is 2.60 bits per heavy atom. The molecule has 7 nitrogen and oxygen atoms in total. The quantitative estimate of drug-likeness (QED) is 0.565. The molecule has 0 bridgehead atoms. The summed E-state index contributed by atoms with van der Waals surface area (Å²) in [5, 5.41) is 0.768. The van der Waals surface area contributed by atoms with Crippen LogP contribution in [-0.4, -0.2) is 46.2 Å². The molecule has 0 amide bonds. The Morgan fingerprint density at radius 2 is 1.83 bits per heavy atom. The average molecular weight is 398 g/mol. The summed E-state index contributed by atoms with van der Waals surface area (Å²) in [6.07, 6.45) is 3.32. The summed E-state index contributed by atoms with van der Waals surface area (Å²) in [6, 6.07) is 14.4. The van der Waals surface area contributed by atoms with Gasteiger partial charge in [0.05, 0.1) is 24.3 Å². The molecule has 1 saturated heterocycles. The van der Waals surface area contributed by atoms with Crippen molar-refractivity contribution in [2.45, 2.75) is 6.92 Å². The van der Waals surface area contributed by atoms with Crippen molar-refractivity contribution in [3.8, 4) is 22.4 Å². The smallest absolute Gasteiger partial charge is 0.165 e. The number of aromatic nitrogens is 4. The number of aryl methyl sites for hydroxylation is 1. The topological polar surface area (TPSA) is 90.0 Å². The molecule has 0 unspecified atom stereocenters. The first kappa shape index (κ1) is 18.4. The van der Waals surface area contributed by atoms with E-state index in [1.54, 1.807) is 0 Å². The van der Waals surface area contributed by atoms with Crippen molar-refractivity contribution < 1.29 is 4.74 Å². The van der Waals surface area contributed by atoms with E-state index in [0.717, 1.165) is 59.9 Å². The lowest BCUT2D eigenvalue weighted by molar-refractivity contribution is 0.122. The molecule has 4 aromatic rings. The van der Waals surface area contributed by atoms with Gasteiger partial charge in [0, 0.05) is 24.8 Å². The molecule has 0 atom stereocenters. The van der Waals surface area contributed by atoms with E-state index in [1.807, 2.05) is 24.4 Å². The first-order chi connectivity index (χ1) is 14.7. The number of ether oxygens (including phenoxy) is 1. The Bertz CT molecular complexity index is 1200. The summed E-state index contributed by atoms with van der Waals surface area (Å²) < 4.78 is 5.43. The third-order valence-electron chi connectivity index (χ3n) is 5.34. The second-order valence-corrected chi connectivity index (χ2v) is 7.39. The molecule has 0 aliphatic carbocycles. The van der Waals surface area contributed by atoms with E-state index in [0.29, 0.717) is 11.5 Å². The van der Waals surface area contributed by atoms with Gasteiger partial charge in [-0.2, -0.15) is 0 Å². The van der Waals surface area contributed by atoms with Gasteiger partial charge in [-0.15, -0.1) is 0 Å². The number of nitrogens with zero attached hydrogens (tertiary/aromatic N) is 5. The van der Waals surface area contributed by atoms with Crippen LogP contribution < -0.4 is 10.6 Å². The zero-order valence-corrected chi connectivity index (χ0v) is 16.7. The maximum atomic E-state index is 6.20. The van der Waals surface area contributed by atoms with Gasteiger partial charge in [-0.25, -0.2) is 19.9 Å². The molecule has 5 rings (SSSR count). The third-order valence-corrected chi connectivity index (χ3v) is 5.34. The molecular weight excluding hydrogens is 376 g/mol. The van der Waals surface area contributed by atoms with Crippen LogP contribution in [0, 0.1) is 6.92 Å². The normalized spacial score (nSPS) is 14.2. The van der Waals surface area contributed by atoms with Crippen LogP contribution >= 0.6 is 0 Å². The lowest BCUT2D eigenvalue weighted by Gasteiger charge is -2.27. The van der Waals surface area contributed by atoms with Gasteiger partial charge in [-0.3, -0.25) is 0 Å².